The molecule has 0 radical (unpaired) electrons. The van der Waals surface area contributed by atoms with E-state index in [9.17, 15) is 4.79 Å². The molecule has 0 saturated carbocycles. The van der Waals surface area contributed by atoms with E-state index >= 15 is 0 Å². The lowest BCUT2D eigenvalue weighted by atomic mass is 9.91. The molecule has 4 heteroatoms. The van der Waals surface area contributed by atoms with E-state index in [1.807, 2.05) is 0 Å². The minimum atomic E-state index is -0.759. The molecule has 0 aliphatic carbocycles. The van der Waals surface area contributed by atoms with Crippen LogP contribution in [0.5, 0.6) is 0 Å². The summed E-state index contributed by atoms with van der Waals surface area (Å²) in [6.07, 6.45) is 3.07. The van der Waals surface area contributed by atoms with Crippen molar-refractivity contribution >= 4 is 5.97 Å². The molecule has 3 N–H and O–H groups in total. The van der Waals surface area contributed by atoms with Gasteiger partial charge in [0.15, 0.2) is 0 Å². The van der Waals surface area contributed by atoms with Crippen molar-refractivity contribution in [2.45, 2.75) is 39.5 Å². The zero-order valence-electron chi connectivity index (χ0n) is 10.4. The maximum atomic E-state index is 10.6. The molecule has 0 rings (SSSR count). The van der Waals surface area contributed by atoms with E-state index < -0.39 is 5.97 Å². The highest BCUT2D eigenvalue weighted by atomic mass is 16.5. The first kappa shape index (κ1) is 15.4. The molecule has 0 fully saturated rings. The topological polar surface area (TPSA) is 72.5 Å². The summed E-state index contributed by atoms with van der Waals surface area (Å²) in [6, 6.07) is 0. The monoisotopic (exact) mass is 231 g/mol. The number of hydrogen-bond donors (Lipinski definition) is 2. The van der Waals surface area contributed by atoms with Crippen molar-refractivity contribution in [3.63, 3.8) is 0 Å². The number of nitrogens with two attached hydrogens (primary N) is 1. The van der Waals surface area contributed by atoms with Gasteiger partial charge in [0.25, 0.3) is 0 Å². The van der Waals surface area contributed by atoms with Crippen molar-refractivity contribution in [1.82, 2.24) is 0 Å². The number of aliphatic carboxylic acids is 1. The molecule has 0 spiro atoms. The number of hydrogen-bond acceptors (Lipinski definition) is 3. The van der Waals surface area contributed by atoms with Gasteiger partial charge in [-0.25, -0.2) is 0 Å². The van der Waals surface area contributed by atoms with E-state index in [-0.39, 0.29) is 12.3 Å². The number of rotatable bonds is 10. The van der Waals surface area contributed by atoms with Crippen LogP contribution in [0.1, 0.15) is 39.5 Å². The average molecular weight is 231 g/mol. The van der Waals surface area contributed by atoms with Crippen LogP contribution in [-0.2, 0) is 9.53 Å². The van der Waals surface area contributed by atoms with Gasteiger partial charge in [-0.1, -0.05) is 13.8 Å². The Bertz CT molecular complexity index is 185. The van der Waals surface area contributed by atoms with Gasteiger partial charge < -0.3 is 15.6 Å². The Balaban J connectivity index is 3.65. The zero-order valence-corrected chi connectivity index (χ0v) is 10.4. The fraction of sp³-hybridized carbons (Fsp3) is 0.917. The van der Waals surface area contributed by atoms with Crippen LogP contribution in [0.2, 0.25) is 0 Å². The van der Waals surface area contributed by atoms with Crippen LogP contribution < -0.4 is 5.73 Å². The van der Waals surface area contributed by atoms with Gasteiger partial charge in [0, 0.05) is 19.6 Å². The first-order chi connectivity index (χ1) is 7.60. The van der Waals surface area contributed by atoms with Crippen molar-refractivity contribution in [3.8, 4) is 0 Å². The average Bonchev–Trinajstić information content (AvgIpc) is 2.23. The highest BCUT2D eigenvalue weighted by molar-refractivity contribution is 5.67. The molecule has 0 aromatic carbocycles. The Morgan fingerprint density at radius 1 is 1.44 bits per heavy atom. The van der Waals surface area contributed by atoms with Gasteiger partial charge in [0.2, 0.25) is 0 Å². The van der Waals surface area contributed by atoms with Crippen LogP contribution in [0.15, 0.2) is 0 Å². The van der Waals surface area contributed by atoms with Gasteiger partial charge in [0.05, 0.1) is 0 Å². The van der Waals surface area contributed by atoms with Crippen molar-refractivity contribution < 1.29 is 14.6 Å². The number of ether oxygens (including phenoxy) is 1. The Morgan fingerprint density at radius 2 is 2.12 bits per heavy atom. The lowest BCUT2D eigenvalue weighted by Crippen LogP contribution is -2.21. The van der Waals surface area contributed by atoms with E-state index in [1.54, 1.807) is 0 Å². The van der Waals surface area contributed by atoms with Gasteiger partial charge in [-0.05, 0) is 37.6 Å². The van der Waals surface area contributed by atoms with Crippen molar-refractivity contribution in [3.05, 3.63) is 0 Å². The second-order valence-corrected chi connectivity index (χ2v) is 4.44. The Hall–Kier alpha value is -0.610. The predicted molar refractivity (Wildman–Crippen MR) is 64.3 cm³/mol. The van der Waals surface area contributed by atoms with E-state index in [1.165, 1.54) is 0 Å². The van der Waals surface area contributed by atoms with Crippen molar-refractivity contribution in [2.75, 3.05) is 19.8 Å². The van der Waals surface area contributed by atoms with Crippen LogP contribution in [0.3, 0.4) is 0 Å². The summed E-state index contributed by atoms with van der Waals surface area (Å²) in [5, 5.41) is 8.69. The van der Waals surface area contributed by atoms with E-state index in [0.29, 0.717) is 12.5 Å². The third-order valence-corrected chi connectivity index (χ3v) is 2.64. The van der Waals surface area contributed by atoms with Crippen molar-refractivity contribution in [2.24, 2.45) is 17.6 Å². The fourth-order valence-electron chi connectivity index (χ4n) is 1.73. The minimum absolute atomic E-state index is 0.0960. The molecular weight excluding hydrogens is 206 g/mol. The Labute approximate surface area is 98.2 Å². The summed E-state index contributed by atoms with van der Waals surface area (Å²) >= 11 is 0. The molecule has 0 amide bonds. The first-order valence-corrected chi connectivity index (χ1v) is 6.09. The van der Waals surface area contributed by atoms with Gasteiger partial charge in [-0.2, -0.15) is 0 Å². The summed E-state index contributed by atoms with van der Waals surface area (Å²) in [6.45, 7) is 6.23. The fourth-order valence-corrected chi connectivity index (χ4v) is 1.73. The van der Waals surface area contributed by atoms with Gasteiger partial charge in [-0.3, -0.25) is 4.79 Å². The van der Waals surface area contributed by atoms with Crippen LogP contribution in [0, 0.1) is 11.8 Å². The number of carbonyl (C=O) groups is 1. The summed E-state index contributed by atoms with van der Waals surface area (Å²) in [4.78, 5) is 10.6. The molecule has 0 heterocycles. The SMILES string of the molecule is CCCOCC[C@@H](C)C[C@H](CN)CC(=O)O. The molecule has 2 atom stereocenters. The first-order valence-electron chi connectivity index (χ1n) is 6.09. The molecular formula is C12H25NO3. The molecule has 0 aliphatic heterocycles. The maximum Gasteiger partial charge on any atom is 0.303 e. The molecule has 0 aromatic heterocycles. The second kappa shape index (κ2) is 9.60. The van der Waals surface area contributed by atoms with E-state index in [0.717, 1.165) is 32.5 Å². The van der Waals surface area contributed by atoms with E-state index in [4.69, 9.17) is 15.6 Å². The van der Waals surface area contributed by atoms with Gasteiger partial charge >= 0.3 is 5.97 Å². The van der Waals surface area contributed by atoms with Crippen LogP contribution >= 0.6 is 0 Å². The molecule has 0 unspecified atom stereocenters. The van der Waals surface area contributed by atoms with Crippen LogP contribution in [0.4, 0.5) is 0 Å². The molecule has 0 aromatic rings. The van der Waals surface area contributed by atoms with Crippen molar-refractivity contribution in [1.29, 1.82) is 0 Å². The minimum Gasteiger partial charge on any atom is -0.481 e. The Kier molecular flexibility index (Phi) is 9.24. The number of carboxylic acids is 1. The summed E-state index contributed by atoms with van der Waals surface area (Å²) in [5.41, 5.74) is 5.55. The highest BCUT2D eigenvalue weighted by Gasteiger charge is 2.15. The number of carboxylic acid groups (broad SMARTS) is 1. The molecule has 0 aliphatic rings. The summed E-state index contributed by atoms with van der Waals surface area (Å²) < 4.78 is 5.40. The predicted octanol–water partition coefficient (Wildman–Crippen LogP) is 1.88. The third kappa shape index (κ3) is 8.68. The standard InChI is InChI=1S/C12H25NO3/c1-3-5-16-6-4-10(2)7-11(9-13)8-12(14)15/h10-11H,3-9,13H2,1-2H3,(H,14,15)/t10-,11+/m1/s1. The maximum absolute atomic E-state index is 10.6. The third-order valence-electron chi connectivity index (χ3n) is 2.64. The lowest BCUT2D eigenvalue weighted by Gasteiger charge is -2.17. The summed E-state index contributed by atoms with van der Waals surface area (Å²) in [5.74, 6) is -0.187. The second-order valence-electron chi connectivity index (χ2n) is 4.44. The summed E-state index contributed by atoms with van der Waals surface area (Å²) in [7, 11) is 0. The van der Waals surface area contributed by atoms with E-state index in [2.05, 4.69) is 13.8 Å². The van der Waals surface area contributed by atoms with Gasteiger partial charge in [-0.15, -0.1) is 0 Å². The smallest absolute Gasteiger partial charge is 0.303 e. The molecule has 4 nitrogen and oxygen atoms in total. The zero-order chi connectivity index (χ0) is 12.4. The highest BCUT2D eigenvalue weighted by Crippen LogP contribution is 2.17. The van der Waals surface area contributed by atoms with Crippen LogP contribution in [-0.4, -0.2) is 30.8 Å². The van der Waals surface area contributed by atoms with Gasteiger partial charge in [0.1, 0.15) is 0 Å². The molecule has 96 valence electrons. The molecule has 0 saturated heterocycles. The largest absolute Gasteiger partial charge is 0.481 e. The lowest BCUT2D eigenvalue weighted by molar-refractivity contribution is -0.138. The normalized spacial score (nSPS) is 14.7. The quantitative estimate of drug-likeness (QED) is 0.563. The van der Waals surface area contributed by atoms with Crippen LogP contribution in [0.25, 0.3) is 0 Å². The Morgan fingerprint density at radius 3 is 2.62 bits per heavy atom. The molecule has 0 bridgehead atoms. The molecule has 16 heavy (non-hydrogen) atoms.